The monoisotopic (exact) mass is 699 g/mol. The molecule has 10 nitrogen and oxygen atoms in total. The first-order chi connectivity index (χ1) is 22.9. The van der Waals surface area contributed by atoms with Crippen molar-refractivity contribution in [3.8, 4) is 11.5 Å². The van der Waals surface area contributed by atoms with Crippen molar-refractivity contribution in [1.29, 1.82) is 0 Å². The van der Waals surface area contributed by atoms with Crippen LogP contribution in [-0.2, 0) is 32.0 Å². The number of methoxy groups -OCH3 is 2. The van der Waals surface area contributed by atoms with Gasteiger partial charge in [-0.25, -0.2) is 9.78 Å². The van der Waals surface area contributed by atoms with Crippen LogP contribution in [0, 0.1) is 0 Å². The first-order valence-electron chi connectivity index (χ1n) is 17.2. The number of aromatic nitrogens is 2. The quantitative estimate of drug-likeness (QED) is 0.0556. The van der Waals surface area contributed by atoms with Crippen LogP contribution in [0.15, 0.2) is 36.4 Å². The number of hydrogen-bond acceptors (Lipinski definition) is 9. The van der Waals surface area contributed by atoms with Crippen LogP contribution in [0.3, 0.4) is 0 Å². The molecule has 1 fully saturated rings. The van der Waals surface area contributed by atoms with E-state index in [0.29, 0.717) is 50.1 Å². The molecule has 48 heavy (non-hydrogen) atoms. The predicted octanol–water partition coefficient (Wildman–Crippen LogP) is 7.23. The van der Waals surface area contributed by atoms with Crippen molar-refractivity contribution < 1.29 is 33.2 Å². The van der Waals surface area contributed by atoms with Crippen LogP contribution in [0.1, 0.15) is 40.5 Å². The molecule has 3 aromatic rings. The van der Waals surface area contributed by atoms with Gasteiger partial charge in [0.25, 0.3) is 0 Å². The molecule has 1 saturated heterocycles. The molecule has 266 valence electrons. The molecule has 1 aliphatic rings. The zero-order chi connectivity index (χ0) is 34.7. The van der Waals surface area contributed by atoms with Gasteiger partial charge in [0, 0.05) is 48.6 Å². The average molecular weight is 700 g/mol. The van der Waals surface area contributed by atoms with Crippen LogP contribution in [0.5, 0.6) is 11.5 Å². The fourth-order valence-electron chi connectivity index (χ4n) is 5.78. The fourth-order valence-corrected chi connectivity index (χ4v) is 7.29. The smallest absolute Gasteiger partial charge is 0.337 e. The van der Waals surface area contributed by atoms with Crippen molar-refractivity contribution in [2.45, 2.75) is 83.2 Å². The second-order valence-electron chi connectivity index (χ2n) is 15.1. The summed E-state index contributed by atoms with van der Waals surface area (Å²) in [6.45, 7) is 19.6. The van der Waals surface area contributed by atoms with E-state index in [4.69, 9.17) is 33.4 Å². The van der Waals surface area contributed by atoms with Gasteiger partial charge < -0.3 is 33.0 Å². The maximum Gasteiger partial charge on any atom is 0.337 e. The second-order valence-corrected chi connectivity index (χ2v) is 26.3. The van der Waals surface area contributed by atoms with E-state index in [1.54, 1.807) is 13.2 Å². The Labute approximate surface area is 289 Å². The molecule has 0 radical (unpaired) electrons. The van der Waals surface area contributed by atoms with Gasteiger partial charge in [0.1, 0.15) is 5.82 Å². The summed E-state index contributed by atoms with van der Waals surface area (Å²) < 4.78 is 36.8. The van der Waals surface area contributed by atoms with Crippen molar-refractivity contribution in [3.63, 3.8) is 0 Å². The number of hydrogen-bond donors (Lipinski definition) is 0. The maximum atomic E-state index is 12.2. The van der Waals surface area contributed by atoms with Crippen LogP contribution >= 0.6 is 0 Å². The number of imidazole rings is 1. The Bertz CT molecular complexity index is 1460. The summed E-state index contributed by atoms with van der Waals surface area (Å²) in [4.78, 5) is 19.6. The summed E-state index contributed by atoms with van der Waals surface area (Å²) in [5.74, 6) is 2.40. The lowest BCUT2D eigenvalue weighted by Gasteiger charge is -2.33. The van der Waals surface area contributed by atoms with E-state index < -0.39 is 16.1 Å². The first-order valence-corrected chi connectivity index (χ1v) is 24.6. The third-order valence-electron chi connectivity index (χ3n) is 8.75. The van der Waals surface area contributed by atoms with Crippen LogP contribution in [0.2, 0.25) is 51.4 Å². The summed E-state index contributed by atoms with van der Waals surface area (Å²) in [7, 11) is 0.727. The lowest BCUT2D eigenvalue weighted by molar-refractivity contribution is 0.00494. The molecule has 0 aliphatic carbocycles. The Hall–Kier alpha value is -2.75. The van der Waals surface area contributed by atoms with Gasteiger partial charge in [0.15, 0.2) is 25.1 Å². The standard InChI is InChI=1S/C36H57N3O7Si2/c1-41-19-18-39-32-24-29(36(40)42-2)12-13-31(32)37-34(39)25-38-16-14-28(15-17-38)30-10-9-11-33(45-26-43-20-22-47(3,4)5)35(30)46-27-44-21-23-48(6,7)8/h9-13,24,28H,14-23,25-27H2,1-8H3. The van der Waals surface area contributed by atoms with Gasteiger partial charge in [0.05, 0.1) is 36.9 Å². The zero-order valence-electron chi connectivity index (χ0n) is 30.4. The van der Waals surface area contributed by atoms with E-state index in [9.17, 15) is 4.79 Å². The highest BCUT2D eigenvalue weighted by Gasteiger charge is 2.27. The largest absolute Gasteiger partial charge is 0.465 e. The van der Waals surface area contributed by atoms with E-state index >= 15 is 0 Å². The molecular formula is C36H57N3O7Si2. The number of carbonyl (C=O) groups excluding carboxylic acids is 1. The molecule has 0 amide bonds. The Kier molecular flexibility index (Phi) is 14.1. The summed E-state index contributed by atoms with van der Waals surface area (Å²) in [5.41, 5.74) is 3.44. The number of piperidine rings is 1. The Morgan fingerprint density at radius 1 is 0.875 bits per heavy atom. The lowest BCUT2D eigenvalue weighted by Crippen LogP contribution is -2.33. The first kappa shape index (κ1) is 38.1. The van der Waals surface area contributed by atoms with E-state index in [0.717, 1.165) is 66.2 Å². The highest BCUT2D eigenvalue weighted by molar-refractivity contribution is 6.76. The molecule has 1 aromatic heterocycles. The number of para-hydroxylation sites is 1. The average Bonchev–Trinajstić information content (AvgIpc) is 3.38. The van der Waals surface area contributed by atoms with Gasteiger partial charge in [-0.3, -0.25) is 4.90 Å². The number of rotatable bonds is 19. The number of esters is 1. The molecule has 0 atom stereocenters. The van der Waals surface area contributed by atoms with Crippen LogP contribution in [-0.4, -0.2) is 97.3 Å². The minimum Gasteiger partial charge on any atom is -0.465 e. The molecule has 0 unspecified atom stereocenters. The third-order valence-corrected chi connectivity index (χ3v) is 12.2. The molecular weight excluding hydrogens is 643 g/mol. The minimum absolute atomic E-state index is 0.197. The van der Waals surface area contributed by atoms with Gasteiger partial charge in [0.2, 0.25) is 0 Å². The molecule has 12 heteroatoms. The highest BCUT2D eigenvalue weighted by Crippen LogP contribution is 2.40. The van der Waals surface area contributed by atoms with Crippen molar-refractivity contribution >= 4 is 33.2 Å². The van der Waals surface area contributed by atoms with Crippen LogP contribution in [0.4, 0.5) is 0 Å². The van der Waals surface area contributed by atoms with Gasteiger partial charge >= 0.3 is 5.97 Å². The van der Waals surface area contributed by atoms with E-state index in [1.807, 2.05) is 18.2 Å². The molecule has 1 aliphatic heterocycles. The van der Waals surface area contributed by atoms with Crippen molar-refractivity contribution in [2.24, 2.45) is 0 Å². The number of benzene rings is 2. The number of ether oxygens (including phenoxy) is 6. The predicted molar refractivity (Wildman–Crippen MR) is 196 cm³/mol. The Morgan fingerprint density at radius 3 is 2.17 bits per heavy atom. The van der Waals surface area contributed by atoms with Crippen LogP contribution in [0.25, 0.3) is 11.0 Å². The zero-order valence-corrected chi connectivity index (χ0v) is 32.4. The molecule has 0 N–H and O–H groups in total. The van der Waals surface area contributed by atoms with E-state index in [2.05, 4.69) is 60.9 Å². The molecule has 0 spiro atoms. The van der Waals surface area contributed by atoms with E-state index in [1.165, 1.54) is 7.11 Å². The third kappa shape index (κ3) is 11.4. The normalized spacial score (nSPS) is 14.8. The van der Waals surface area contributed by atoms with Crippen molar-refractivity contribution in [3.05, 3.63) is 53.3 Å². The summed E-state index contributed by atoms with van der Waals surface area (Å²) in [5, 5.41) is 0. The minimum atomic E-state index is -1.19. The summed E-state index contributed by atoms with van der Waals surface area (Å²) >= 11 is 0. The maximum absolute atomic E-state index is 12.2. The Balaban J connectivity index is 1.44. The Morgan fingerprint density at radius 2 is 1.54 bits per heavy atom. The highest BCUT2D eigenvalue weighted by atomic mass is 28.3. The number of nitrogens with zero attached hydrogens (tertiary/aromatic N) is 3. The molecule has 2 heterocycles. The number of fused-ring (bicyclic) bond motifs is 1. The van der Waals surface area contributed by atoms with Gasteiger partial charge in [-0.15, -0.1) is 0 Å². The summed E-state index contributed by atoms with van der Waals surface area (Å²) in [6.07, 6.45) is 1.96. The molecule has 2 aromatic carbocycles. The topological polar surface area (TPSA) is 93.5 Å². The second kappa shape index (κ2) is 17.8. The lowest BCUT2D eigenvalue weighted by atomic mass is 9.88. The molecule has 0 bridgehead atoms. The van der Waals surface area contributed by atoms with E-state index in [-0.39, 0.29) is 19.6 Å². The number of likely N-dealkylation sites (tertiary alicyclic amines) is 1. The van der Waals surface area contributed by atoms with Crippen LogP contribution < -0.4 is 9.47 Å². The van der Waals surface area contributed by atoms with Crippen molar-refractivity contribution in [1.82, 2.24) is 14.5 Å². The molecule has 0 saturated carbocycles. The fraction of sp³-hybridized carbons (Fsp3) is 0.611. The summed E-state index contributed by atoms with van der Waals surface area (Å²) in [6, 6.07) is 13.9. The van der Waals surface area contributed by atoms with Gasteiger partial charge in [-0.2, -0.15) is 0 Å². The van der Waals surface area contributed by atoms with Gasteiger partial charge in [-0.1, -0.05) is 51.4 Å². The number of carbonyl (C=O) groups is 1. The van der Waals surface area contributed by atoms with Crippen molar-refractivity contribution in [2.75, 3.05) is 60.7 Å². The van der Waals surface area contributed by atoms with Gasteiger partial charge in [-0.05, 0) is 68.2 Å². The molecule has 4 rings (SSSR count). The SMILES string of the molecule is COCCn1c(CN2CCC(c3cccc(OCOCC[Si](C)(C)C)c3OCOCC[Si](C)(C)C)CC2)nc2ccc(C(=O)OC)cc21.